The van der Waals surface area contributed by atoms with Gasteiger partial charge >= 0.3 is 0 Å². The lowest BCUT2D eigenvalue weighted by Gasteiger charge is -2.08. The van der Waals surface area contributed by atoms with E-state index in [1.54, 1.807) is 61.7 Å². The van der Waals surface area contributed by atoms with Gasteiger partial charge < -0.3 is 15.4 Å². The van der Waals surface area contributed by atoms with Gasteiger partial charge in [0.2, 0.25) is 11.8 Å². The van der Waals surface area contributed by atoms with Crippen molar-refractivity contribution in [2.75, 3.05) is 23.9 Å². The van der Waals surface area contributed by atoms with Crippen molar-refractivity contribution in [3.8, 4) is 5.75 Å². The predicted molar refractivity (Wildman–Crippen MR) is 98.6 cm³/mol. The highest BCUT2D eigenvalue weighted by Gasteiger charge is 2.20. The summed E-state index contributed by atoms with van der Waals surface area (Å²) in [7, 11) is -2.31. The van der Waals surface area contributed by atoms with Crippen molar-refractivity contribution >= 4 is 27.3 Å². The van der Waals surface area contributed by atoms with E-state index < -0.39 is 33.2 Å². The number of benzene rings is 2. The molecule has 0 saturated carbocycles. The number of hydrogen-bond acceptors (Lipinski definition) is 5. The van der Waals surface area contributed by atoms with E-state index in [2.05, 4.69) is 10.6 Å². The molecule has 0 bridgehead atoms. The van der Waals surface area contributed by atoms with Crippen LogP contribution in [0.5, 0.6) is 5.75 Å². The second-order valence-corrected chi connectivity index (χ2v) is 7.64. The monoisotopic (exact) mass is 376 g/mol. The van der Waals surface area contributed by atoms with Gasteiger partial charge in [0.05, 0.1) is 7.11 Å². The molecule has 0 radical (unpaired) electrons. The maximum Gasteiger partial charge on any atom is 0.239 e. The zero-order chi connectivity index (χ0) is 19.0. The van der Waals surface area contributed by atoms with Crippen LogP contribution in [0, 0.1) is 0 Å². The summed E-state index contributed by atoms with van der Waals surface area (Å²) in [5, 5.41) is 5.00. The average Bonchev–Trinajstić information content (AvgIpc) is 2.60. The molecule has 2 aromatic carbocycles. The first-order valence-corrected chi connectivity index (χ1v) is 9.65. The maximum atomic E-state index is 12.0. The van der Waals surface area contributed by atoms with Crippen LogP contribution >= 0.6 is 0 Å². The van der Waals surface area contributed by atoms with Crippen LogP contribution in [0.4, 0.5) is 5.69 Å². The molecule has 0 atom stereocenters. The summed E-state index contributed by atoms with van der Waals surface area (Å²) in [5.41, 5.74) is 1.30. The second-order valence-electron chi connectivity index (χ2n) is 5.57. The molecule has 2 amide bonds. The molecular formula is C18H20N2O5S. The lowest BCUT2D eigenvalue weighted by Crippen LogP contribution is -2.33. The Kier molecular flexibility index (Phi) is 6.74. The predicted octanol–water partition coefficient (Wildman–Crippen LogP) is 1.36. The largest absolute Gasteiger partial charge is 0.497 e. The molecule has 138 valence electrons. The Hall–Kier alpha value is -2.87. The van der Waals surface area contributed by atoms with E-state index in [1.807, 2.05) is 0 Å². The summed E-state index contributed by atoms with van der Waals surface area (Å²) in [6.07, 6.45) is 0. The van der Waals surface area contributed by atoms with Crippen LogP contribution in [0.2, 0.25) is 0 Å². The molecule has 0 saturated heterocycles. The molecule has 0 spiro atoms. The summed E-state index contributed by atoms with van der Waals surface area (Å²) in [6, 6.07) is 15.5. The lowest BCUT2D eigenvalue weighted by atomic mass is 10.2. The fourth-order valence-electron chi connectivity index (χ4n) is 2.16. The highest BCUT2D eigenvalue weighted by Crippen LogP contribution is 2.11. The van der Waals surface area contributed by atoms with Crippen LogP contribution in [0.25, 0.3) is 0 Å². The van der Waals surface area contributed by atoms with Crippen LogP contribution in [0.3, 0.4) is 0 Å². The lowest BCUT2D eigenvalue weighted by molar-refractivity contribution is -0.118. The number of sulfone groups is 1. The molecule has 2 rings (SSSR count). The van der Waals surface area contributed by atoms with E-state index in [9.17, 15) is 18.0 Å². The molecule has 2 N–H and O–H groups in total. The van der Waals surface area contributed by atoms with E-state index in [4.69, 9.17) is 4.74 Å². The van der Waals surface area contributed by atoms with Gasteiger partial charge in [-0.1, -0.05) is 30.3 Å². The number of amides is 2. The van der Waals surface area contributed by atoms with Crippen molar-refractivity contribution < 1.29 is 22.7 Å². The first-order valence-electron chi connectivity index (χ1n) is 7.83. The minimum Gasteiger partial charge on any atom is -0.497 e. The Bertz CT molecular complexity index is 849. The third-order valence-corrected chi connectivity index (χ3v) is 4.81. The quantitative estimate of drug-likeness (QED) is 0.724. The van der Waals surface area contributed by atoms with Crippen molar-refractivity contribution in [3.63, 3.8) is 0 Å². The molecule has 0 aromatic heterocycles. The smallest absolute Gasteiger partial charge is 0.239 e. The molecule has 0 fully saturated rings. The van der Waals surface area contributed by atoms with Gasteiger partial charge in [0.1, 0.15) is 17.3 Å². The Morgan fingerprint density at radius 1 is 0.923 bits per heavy atom. The molecule has 0 aliphatic heterocycles. The minimum absolute atomic E-state index is 0.189. The number of anilines is 1. The van der Waals surface area contributed by atoms with Gasteiger partial charge in [-0.2, -0.15) is 0 Å². The molecule has 2 aromatic rings. The van der Waals surface area contributed by atoms with Gasteiger partial charge in [-0.3, -0.25) is 9.59 Å². The highest BCUT2D eigenvalue weighted by atomic mass is 32.2. The molecule has 0 unspecified atom stereocenters. The second kappa shape index (κ2) is 9.00. The minimum atomic E-state index is -3.86. The van der Waals surface area contributed by atoms with Gasteiger partial charge in [-0.25, -0.2) is 8.42 Å². The molecule has 7 nitrogen and oxygen atoms in total. The third kappa shape index (κ3) is 6.56. The highest BCUT2D eigenvalue weighted by molar-refractivity contribution is 7.92. The van der Waals surface area contributed by atoms with Gasteiger partial charge in [-0.15, -0.1) is 0 Å². The molecule has 8 heteroatoms. The molecule has 0 aliphatic rings. The van der Waals surface area contributed by atoms with Crippen molar-refractivity contribution in [2.45, 2.75) is 6.54 Å². The molecule has 0 heterocycles. The van der Waals surface area contributed by atoms with Crippen LogP contribution in [0.15, 0.2) is 54.6 Å². The molecular weight excluding hydrogens is 356 g/mol. The first-order chi connectivity index (χ1) is 12.4. The fraction of sp³-hybridized carbons (Fsp3) is 0.222. The summed E-state index contributed by atoms with van der Waals surface area (Å²) in [4.78, 5) is 23.7. The Labute approximate surface area is 152 Å². The topological polar surface area (TPSA) is 102 Å². The van der Waals surface area contributed by atoms with Crippen molar-refractivity contribution in [1.29, 1.82) is 0 Å². The van der Waals surface area contributed by atoms with Crippen molar-refractivity contribution in [1.82, 2.24) is 5.32 Å². The van der Waals surface area contributed by atoms with Gasteiger partial charge in [0.25, 0.3) is 0 Å². The van der Waals surface area contributed by atoms with E-state index >= 15 is 0 Å². The maximum absolute atomic E-state index is 12.0. The van der Waals surface area contributed by atoms with E-state index in [1.165, 1.54) is 0 Å². The first kappa shape index (κ1) is 19.5. The van der Waals surface area contributed by atoms with Crippen molar-refractivity contribution in [3.05, 3.63) is 60.2 Å². The Morgan fingerprint density at radius 2 is 1.54 bits per heavy atom. The normalized spacial score (nSPS) is 10.8. The van der Waals surface area contributed by atoms with E-state index in [0.29, 0.717) is 11.4 Å². The SMILES string of the molecule is COc1ccc(CNC(=O)CS(=O)(=O)CC(=O)Nc2ccccc2)cc1. The van der Waals surface area contributed by atoms with Crippen molar-refractivity contribution in [2.24, 2.45) is 0 Å². The number of hydrogen-bond donors (Lipinski definition) is 2. The number of nitrogens with one attached hydrogen (secondary N) is 2. The summed E-state index contributed by atoms with van der Waals surface area (Å²) >= 11 is 0. The van der Waals surface area contributed by atoms with Gasteiger partial charge in [-0.05, 0) is 29.8 Å². The number of rotatable bonds is 8. The number of carbonyl (C=O) groups is 2. The van der Waals surface area contributed by atoms with E-state index in [0.717, 1.165) is 5.56 Å². The van der Waals surface area contributed by atoms with Gasteiger partial charge in [0, 0.05) is 12.2 Å². The average molecular weight is 376 g/mol. The third-order valence-electron chi connectivity index (χ3n) is 3.41. The standard InChI is InChI=1S/C18H20N2O5S/c1-25-16-9-7-14(8-10-16)11-19-17(21)12-26(23,24)13-18(22)20-15-5-3-2-4-6-15/h2-10H,11-13H2,1H3,(H,19,21)(H,20,22). The van der Waals surface area contributed by atoms with Crippen LogP contribution < -0.4 is 15.4 Å². The van der Waals surface area contributed by atoms with E-state index in [-0.39, 0.29) is 6.54 Å². The fourth-order valence-corrected chi connectivity index (χ4v) is 3.24. The summed E-state index contributed by atoms with van der Waals surface area (Å²) < 4.78 is 29.0. The van der Waals surface area contributed by atoms with Crippen LogP contribution in [-0.4, -0.2) is 38.8 Å². The molecule has 0 aliphatic carbocycles. The Balaban J connectivity index is 1.81. The Morgan fingerprint density at radius 3 is 2.15 bits per heavy atom. The van der Waals surface area contributed by atoms with Gasteiger partial charge in [0.15, 0.2) is 9.84 Å². The number of ether oxygens (including phenoxy) is 1. The zero-order valence-electron chi connectivity index (χ0n) is 14.3. The van der Waals surface area contributed by atoms with Crippen LogP contribution in [-0.2, 0) is 26.0 Å². The van der Waals surface area contributed by atoms with Crippen LogP contribution in [0.1, 0.15) is 5.56 Å². The summed E-state index contributed by atoms with van der Waals surface area (Å²) in [6.45, 7) is 0.189. The number of para-hydroxylation sites is 1. The summed E-state index contributed by atoms with van der Waals surface area (Å²) in [5.74, 6) is -2.15. The molecule has 26 heavy (non-hydrogen) atoms. The number of carbonyl (C=O) groups excluding carboxylic acids is 2. The zero-order valence-corrected chi connectivity index (χ0v) is 15.1. The number of methoxy groups -OCH3 is 1.